The second kappa shape index (κ2) is 13.4. The number of fused-ring (bicyclic) bond motifs is 7. The van der Waals surface area contributed by atoms with Crippen LogP contribution >= 0.6 is 0 Å². The lowest BCUT2D eigenvalue weighted by Crippen LogP contribution is -2.67. The van der Waals surface area contributed by atoms with Crippen molar-refractivity contribution in [2.45, 2.75) is 168 Å². The Hall–Kier alpha value is -2.28. The molecule has 1 aromatic heterocycles. The number of hydrogen-bond acceptors (Lipinski definition) is 8. The minimum Gasteiger partial charge on any atom is -0.481 e. The molecule has 1 saturated heterocycles. The molecule has 0 radical (unpaired) electrons. The van der Waals surface area contributed by atoms with Crippen LogP contribution in [0.4, 0.5) is 0 Å². The van der Waals surface area contributed by atoms with Crippen LogP contribution in [0, 0.1) is 50.2 Å². The zero-order valence-electron chi connectivity index (χ0n) is 33.3. The summed E-state index contributed by atoms with van der Waals surface area (Å²) in [5.74, 6) is -2.17. The van der Waals surface area contributed by atoms with Crippen molar-refractivity contribution in [2.24, 2.45) is 50.2 Å². The largest absolute Gasteiger partial charge is 0.481 e. The summed E-state index contributed by atoms with van der Waals surface area (Å²) in [4.78, 5) is 28.5. The molecule has 14 unspecified atom stereocenters. The number of aliphatic hydroxyl groups is 4. The van der Waals surface area contributed by atoms with Crippen LogP contribution in [0.3, 0.4) is 0 Å². The van der Waals surface area contributed by atoms with E-state index in [4.69, 9.17) is 9.47 Å². The summed E-state index contributed by atoms with van der Waals surface area (Å²) in [6, 6.07) is 0. The average molecular weight is 756 g/mol. The summed E-state index contributed by atoms with van der Waals surface area (Å²) in [5, 5.41) is 64.5. The van der Waals surface area contributed by atoms with Gasteiger partial charge in [-0.05, 0) is 127 Å². The maximum atomic E-state index is 13.2. The molecule has 11 heteroatoms. The highest BCUT2D eigenvalue weighted by Crippen LogP contribution is 2.76. The molecular weight excluding hydrogens is 690 g/mol. The lowest BCUT2D eigenvalue weighted by Gasteiger charge is -2.72. The molecule has 0 amide bonds. The zero-order valence-corrected chi connectivity index (χ0v) is 33.3. The van der Waals surface area contributed by atoms with E-state index in [0.29, 0.717) is 25.7 Å². The van der Waals surface area contributed by atoms with Crippen molar-refractivity contribution >= 4 is 11.9 Å². The first-order valence-electron chi connectivity index (χ1n) is 20.6. The third kappa shape index (κ3) is 5.56. The monoisotopic (exact) mass is 755 g/mol. The van der Waals surface area contributed by atoms with Gasteiger partial charge in [0, 0.05) is 18.3 Å². The highest BCUT2D eigenvalue weighted by molar-refractivity contribution is 5.77. The number of nitrogens with one attached hydrogen (secondary N) is 1. The summed E-state index contributed by atoms with van der Waals surface area (Å²) >= 11 is 0. The molecule has 7 rings (SSSR count). The number of aliphatic carboxylic acids is 2. The molecule has 7 N–H and O–H groups in total. The highest BCUT2D eigenvalue weighted by Gasteiger charge is 2.71. The summed E-state index contributed by atoms with van der Waals surface area (Å²) in [5.41, 5.74) is 1.44. The van der Waals surface area contributed by atoms with Gasteiger partial charge < -0.3 is 45.1 Å². The topological polar surface area (TPSA) is 190 Å². The number of aliphatic hydroxyl groups excluding tert-OH is 4. The van der Waals surface area contributed by atoms with Gasteiger partial charge in [-0.3, -0.25) is 4.79 Å². The Morgan fingerprint density at radius 3 is 2.20 bits per heavy atom. The Morgan fingerprint density at radius 2 is 1.54 bits per heavy atom. The van der Waals surface area contributed by atoms with Crippen LogP contribution in [0.5, 0.6) is 0 Å². The lowest BCUT2D eigenvalue weighted by molar-refractivity contribution is -0.325. The third-order valence-corrected chi connectivity index (χ3v) is 17.2. The molecule has 6 aliphatic rings. The molecule has 0 bridgehead atoms. The van der Waals surface area contributed by atoms with E-state index in [2.05, 4.69) is 71.9 Å². The second-order valence-corrected chi connectivity index (χ2v) is 20.0. The van der Waals surface area contributed by atoms with E-state index < -0.39 is 71.6 Å². The summed E-state index contributed by atoms with van der Waals surface area (Å²) in [6.07, 6.45) is 6.70. The number of hydrogen-bond donors (Lipinski definition) is 7. The first-order valence-corrected chi connectivity index (χ1v) is 20.6. The molecule has 302 valence electrons. The van der Waals surface area contributed by atoms with E-state index in [1.54, 1.807) is 0 Å². The Balaban J connectivity index is 1.28. The number of carboxylic acid groups (broad SMARTS) is 2. The second-order valence-electron chi connectivity index (χ2n) is 20.0. The summed E-state index contributed by atoms with van der Waals surface area (Å²) < 4.78 is 12.2. The van der Waals surface area contributed by atoms with Crippen molar-refractivity contribution in [1.29, 1.82) is 0 Å². The molecule has 2 heterocycles. The number of H-pyrrole nitrogens is 1. The predicted octanol–water partition coefficient (Wildman–Crippen LogP) is 5.62. The standard InChI is InChI=1S/C43H65NO10/c1-8-23-21-44-22-24(23)11-15-42-16-13-28(53-36-32(47)30(45)31(46)33(54-36)35(49)50)39(4,5)26(42)12-14-41(7)27(42)10-9-25-29-34(48)38(2,3)17-19-43(29,37(51)52)20-18-40(25,41)6/h9,21-22,26-34,36,44-48H,8,10-20H2,1-7H3,(H,49,50)(H,51,52). The normalized spacial score (nSPS) is 46.6. The molecule has 0 spiro atoms. The van der Waals surface area contributed by atoms with Crippen LogP contribution in [0.15, 0.2) is 24.0 Å². The minimum absolute atomic E-state index is 0.124. The molecule has 1 aliphatic heterocycles. The number of carboxylic acids is 2. The number of aromatic nitrogens is 1. The van der Waals surface area contributed by atoms with Gasteiger partial charge in [-0.25, -0.2) is 4.79 Å². The van der Waals surface area contributed by atoms with Crippen molar-refractivity contribution in [3.8, 4) is 0 Å². The first kappa shape index (κ1) is 39.9. The van der Waals surface area contributed by atoms with Crippen LogP contribution in [0.1, 0.15) is 124 Å². The zero-order chi connectivity index (χ0) is 39.4. The van der Waals surface area contributed by atoms with Gasteiger partial charge in [0.2, 0.25) is 0 Å². The number of ether oxygens (including phenoxy) is 2. The van der Waals surface area contributed by atoms with Crippen LogP contribution in [-0.4, -0.2) is 90.5 Å². The van der Waals surface area contributed by atoms with Gasteiger partial charge in [0.05, 0.1) is 17.6 Å². The lowest BCUT2D eigenvalue weighted by atomic mass is 9.32. The fraction of sp³-hybridized carbons (Fsp3) is 0.814. The van der Waals surface area contributed by atoms with Gasteiger partial charge in [0.1, 0.15) is 18.3 Å². The molecule has 5 aliphatic carbocycles. The van der Waals surface area contributed by atoms with Crippen molar-refractivity contribution in [2.75, 3.05) is 0 Å². The number of aromatic amines is 1. The van der Waals surface area contributed by atoms with E-state index >= 15 is 0 Å². The van der Waals surface area contributed by atoms with E-state index in [1.807, 2.05) is 0 Å². The van der Waals surface area contributed by atoms with Crippen LogP contribution in [0.25, 0.3) is 0 Å². The van der Waals surface area contributed by atoms with E-state index in [9.17, 15) is 40.2 Å². The maximum Gasteiger partial charge on any atom is 0.335 e. The minimum atomic E-state index is -1.78. The number of aryl methyl sites for hydroxylation is 2. The fourth-order valence-corrected chi connectivity index (χ4v) is 13.7. The molecule has 54 heavy (non-hydrogen) atoms. The van der Waals surface area contributed by atoms with Gasteiger partial charge in [-0.1, -0.05) is 60.1 Å². The molecular formula is C43H65NO10. The van der Waals surface area contributed by atoms with Crippen molar-refractivity contribution in [3.63, 3.8) is 0 Å². The fourth-order valence-electron chi connectivity index (χ4n) is 13.7. The number of allylic oxidation sites excluding steroid dienone is 1. The molecule has 11 nitrogen and oxygen atoms in total. The number of rotatable bonds is 8. The van der Waals surface area contributed by atoms with Crippen molar-refractivity contribution in [3.05, 3.63) is 35.2 Å². The number of carbonyl (C=O) groups is 2. The van der Waals surface area contributed by atoms with Gasteiger partial charge in [0.15, 0.2) is 12.4 Å². The molecule has 5 fully saturated rings. The van der Waals surface area contributed by atoms with E-state index in [0.717, 1.165) is 56.9 Å². The molecule has 1 aromatic rings. The van der Waals surface area contributed by atoms with Gasteiger partial charge in [0.25, 0.3) is 0 Å². The molecule has 4 saturated carbocycles. The summed E-state index contributed by atoms with van der Waals surface area (Å²) in [6.45, 7) is 15.6. The quantitative estimate of drug-likeness (QED) is 0.130. The van der Waals surface area contributed by atoms with E-state index in [1.165, 1.54) is 11.1 Å². The third-order valence-electron chi connectivity index (χ3n) is 17.2. The molecule has 0 aromatic carbocycles. The predicted molar refractivity (Wildman–Crippen MR) is 200 cm³/mol. The molecule has 14 atom stereocenters. The Bertz CT molecular complexity index is 1650. The van der Waals surface area contributed by atoms with Crippen LogP contribution in [0.2, 0.25) is 0 Å². The van der Waals surface area contributed by atoms with Gasteiger partial charge >= 0.3 is 11.9 Å². The Morgan fingerprint density at radius 1 is 0.852 bits per heavy atom. The maximum absolute atomic E-state index is 13.2. The van der Waals surface area contributed by atoms with Crippen LogP contribution < -0.4 is 0 Å². The van der Waals surface area contributed by atoms with Crippen molar-refractivity contribution in [1.82, 2.24) is 4.98 Å². The van der Waals surface area contributed by atoms with Crippen LogP contribution in [-0.2, 0) is 31.9 Å². The Kier molecular flexibility index (Phi) is 9.91. The first-order chi connectivity index (χ1) is 25.2. The summed E-state index contributed by atoms with van der Waals surface area (Å²) in [7, 11) is 0. The average Bonchev–Trinajstić information content (AvgIpc) is 3.58. The van der Waals surface area contributed by atoms with Gasteiger partial charge in [-0.2, -0.15) is 0 Å². The Labute approximate surface area is 319 Å². The van der Waals surface area contributed by atoms with E-state index in [-0.39, 0.29) is 33.5 Å². The smallest absolute Gasteiger partial charge is 0.335 e. The van der Waals surface area contributed by atoms with Gasteiger partial charge in [-0.15, -0.1) is 0 Å². The highest BCUT2D eigenvalue weighted by atomic mass is 16.7. The van der Waals surface area contributed by atoms with Crippen molar-refractivity contribution < 1.29 is 49.7 Å². The SMILES string of the molecule is CCc1c[nH]cc1CCC12CCC(OC3OC(C(=O)O)C(O)C(O)C3O)C(C)(C)C1CCC1(C)C2CC=C2C3C(O)C(C)(C)CCC3(C(=O)O)CCC21C.